The molecule has 0 saturated carbocycles. The number of aryl methyl sites for hydroxylation is 1. The van der Waals surface area contributed by atoms with Gasteiger partial charge in [-0.3, -0.25) is 4.79 Å². The average Bonchev–Trinajstić information content (AvgIpc) is 3.08. The highest BCUT2D eigenvalue weighted by atomic mass is 35.5. The first-order valence-electron chi connectivity index (χ1n) is 7.09. The van der Waals surface area contributed by atoms with Crippen LogP contribution >= 0.6 is 11.6 Å². The molecule has 110 valence electrons. The van der Waals surface area contributed by atoms with E-state index in [9.17, 15) is 4.79 Å². The Labute approximate surface area is 128 Å². The number of nitrogens with zero attached hydrogens (tertiary/aromatic N) is 3. The third kappa shape index (κ3) is 2.93. The summed E-state index contributed by atoms with van der Waals surface area (Å²) in [6.45, 7) is 3.25. The van der Waals surface area contributed by atoms with Gasteiger partial charge in [-0.25, -0.2) is 0 Å². The van der Waals surface area contributed by atoms with E-state index in [0.29, 0.717) is 11.6 Å². The SMILES string of the molecule is CC(C(=O)NCc1nnc2n1CCC2)c1ccc(Cl)cc1. The molecule has 2 heterocycles. The Bertz CT molecular complexity index is 650. The van der Waals surface area contributed by atoms with Crippen molar-refractivity contribution in [2.24, 2.45) is 0 Å². The Morgan fingerprint density at radius 3 is 2.90 bits per heavy atom. The lowest BCUT2D eigenvalue weighted by Gasteiger charge is -2.12. The predicted octanol–water partition coefficient (Wildman–Crippen LogP) is 2.30. The highest BCUT2D eigenvalue weighted by Gasteiger charge is 2.19. The molecule has 0 fully saturated rings. The number of aromatic nitrogens is 3. The molecule has 1 aliphatic heterocycles. The second-order valence-electron chi connectivity index (χ2n) is 5.28. The largest absolute Gasteiger partial charge is 0.348 e. The van der Waals surface area contributed by atoms with Gasteiger partial charge in [-0.1, -0.05) is 23.7 Å². The molecule has 1 aromatic heterocycles. The molecule has 0 saturated heterocycles. The smallest absolute Gasteiger partial charge is 0.227 e. The standard InChI is InChI=1S/C15H17ClN4O/c1-10(11-4-6-12(16)7-5-11)15(21)17-9-14-19-18-13-3-2-8-20(13)14/h4-7,10H,2-3,8-9H2,1H3,(H,17,21). The van der Waals surface area contributed by atoms with Crippen LogP contribution in [0.15, 0.2) is 24.3 Å². The number of fused-ring (bicyclic) bond motifs is 1. The summed E-state index contributed by atoms with van der Waals surface area (Å²) in [6.07, 6.45) is 2.08. The summed E-state index contributed by atoms with van der Waals surface area (Å²) in [5.41, 5.74) is 0.948. The number of rotatable bonds is 4. The number of halogens is 1. The van der Waals surface area contributed by atoms with E-state index in [4.69, 9.17) is 11.6 Å². The van der Waals surface area contributed by atoms with Crippen LogP contribution in [-0.2, 0) is 24.3 Å². The van der Waals surface area contributed by atoms with Crippen LogP contribution in [0.2, 0.25) is 5.02 Å². The van der Waals surface area contributed by atoms with Crippen molar-refractivity contribution in [3.63, 3.8) is 0 Å². The van der Waals surface area contributed by atoms with E-state index < -0.39 is 0 Å². The Morgan fingerprint density at radius 1 is 1.38 bits per heavy atom. The molecule has 6 heteroatoms. The van der Waals surface area contributed by atoms with Crippen molar-refractivity contribution in [3.05, 3.63) is 46.5 Å². The van der Waals surface area contributed by atoms with Gasteiger partial charge in [0.05, 0.1) is 12.5 Å². The van der Waals surface area contributed by atoms with Crippen LogP contribution < -0.4 is 5.32 Å². The molecule has 1 unspecified atom stereocenters. The molecule has 1 amide bonds. The number of hydrogen-bond acceptors (Lipinski definition) is 3. The van der Waals surface area contributed by atoms with Crippen molar-refractivity contribution in [2.75, 3.05) is 0 Å². The average molecular weight is 305 g/mol. The second-order valence-corrected chi connectivity index (χ2v) is 5.72. The molecule has 2 aromatic rings. The van der Waals surface area contributed by atoms with Gasteiger partial charge in [-0.2, -0.15) is 0 Å². The van der Waals surface area contributed by atoms with E-state index in [1.807, 2.05) is 19.1 Å². The van der Waals surface area contributed by atoms with Gasteiger partial charge >= 0.3 is 0 Å². The van der Waals surface area contributed by atoms with Gasteiger partial charge in [0.15, 0.2) is 5.82 Å². The molecule has 1 N–H and O–H groups in total. The lowest BCUT2D eigenvalue weighted by molar-refractivity contribution is -0.122. The minimum Gasteiger partial charge on any atom is -0.348 e. The molecule has 5 nitrogen and oxygen atoms in total. The molecular weight excluding hydrogens is 288 g/mol. The van der Waals surface area contributed by atoms with E-state index in [1.54, 1.807) is 12.1 Å². The fourth-order valence-electron chi connectivity index (χ4n) is 2.56. The molecule has 0 spiro atoms. The van der Waals surface area contributed by atoms with Gasteiger partial charge in [0, 0.05) is 18.0 Å². The van der Waals surface area contributed by atoms with Gasteiger partial charge in [-0.05, 0) is 31.0 Å². The minimum atomic E-state index is -0.219. The highest BCUT2D eigenvalue weighted by molar-refractivity contribution is 6.30. The zero-order valence-electron chi connectivity index (χ0n) is 11.8. The van der Waals surface area contributed by atoms with Crippen molar-refractivity contribution >= 4 is 17.5 Å². The lowest BCUT2D eigenvalue weighted by Crippen LogP contribution is -2.28. The number of benzene rings is 1. The zero-order chi connectivity index (χ0) is 14.8. The number of carbonyl (C=O) groups is 1. The Morgan fingerprint density at radius 2 is 2.14 bits per heavy atom. The Kier molecular flexibility index (Phi) is 3.92. The van der Waals surface area contributed by atoms with Crippen molar-refractivity contribution in [1.29, 1.82) is 0 Å². The van der Waals surface area contributed by atoms with Crippen LogP contribution in [0.4, 0.5) is 0 Å². The van der Waals surface area contributed by atoms with Gasteiger partial charge in [0.25, 0.3) is 0 Å². The first-order chi connectivity index (χ1) is 10.1. The molecule has 1 aliphatic rings. The number of nitrogens with one attached hydrogen (secondary N) is 1. The molecule has 0 aliphatic carbocycles. The lowest BCUT2D eigenvalue weighted by atomic mass is 10.0. The van der Waals surface area contributed by atoms with Gasteiger partial charge in [0.2, 0.25) is 5.91 Å². The molecule has 21 heavy (non-hydrogen) atoms. The van der Waals surface area contributed by atoms with E-state index in [0.717, 1.165) is 36.6 Å². The fourth-order valence-corrected chi connectivity index (χ4v) is 2.69. The van der Waals surface area contributed by atoms with E-state index in [1.165, 1.54) is 0 Å². The van der Waals surface area contributed by atoms with Crippen molar-refractivity contribution < 1.29 is 4.79 Å². The molecule has 0 radical (unpaired) electrons. The van der Waals surface area contributed by atoms with E-state index in [2.05, 4.69) is 20.1 Å². The van der Waals surface area contributed by atoms with E-state index >= 15 is 0 Å². The minimum absolute atomic E-state index is 0.0207. The summed E-state index contributed by atoms with van der Waals surface area (Å²) < 4.78 is 2.09. The highest BCUT2D eigenvalue weighted by Crippen LogP contribution is 2.19. The molecule has 1 aromatic carbocycles. The third-order valence-corrected chi connectivity index (χ3v) is 4.12. The van der Waals surface area contributed by atoms with Crippen LogP contribution in [0.1, 0.15) is 36.5 Å². The number of hydrogen-bond donors (Lipinski definition) is 1. The van der Waals surface area contributed by atoms with Crippen molar-refractivity contribution in [2.45, 2.75) is 38.8 Å². The molecule has 0 bridgehead atoms. The molecule has 3 rings (SSSR count). The predicted molar refractivity (Wildman–Crippen MR) is 80.1 cm³/mol. The van der Waals surface area contributed by atoms with Gasteiger partial charge < -0.3 is 9.88 Å². The molecular formula is C15H17ClN4O. The van der Waals surface area contributed by atoms with Crippen LogP contribution in [0.3, 0.4) is 0 Å². The summed E-state index contributed by atoms with van der Waals surface area (Å²) in [5, 5.41) is 11.9. The van der Waals surface area contributed by atoms with Crippen molar-refractivity contribution in [3.8, 4) is 0 Å². The summed E-state index contributed by atoms with van der Waals surface area (Å²) >= 11 is 5.86. The summed E-state index contributed by atoms with van der Waals surface area (Å²) in [5.74, 6) is 1.61. The zero-order valence-corrected chi connectivity index (χ0v) is 12.6. The Balaban J connectivity index is 1.62. The maximum absolute atomic E-state index is 12.2. The first-order valence-corrected chi connectivity index (χ1v) is 7.47. The van der Waals surface area contributed by atoms with Crippen LogP contribution in [-0.4, -0.2) is 20.7 Å². The Hall–Kier alpha value is -1.88. The normalized spacial score (nSPS) is 14.8. The monoisotopic (exact) mass is 304 g/mol. The van der Waals surface area contributed by atoms with Crippen LogP contribution in [0.5, 0.6) is 0 Å². The van der Waals surface area contributed by atoms with Gasteiger partial charge in [0.1, 0.15) is 5.82 Å². The third-order valence-electron chi connectivity index (χ3n) is 3.87. The quantitative estimate of drug-likeness (QED) is 0.943. The van der Waals surface area contributed by atoms with Crippen LogP contribution in [0, 0.1) is 0 Å². The fraction of sp³-hybridized carbons (Fsp3) is 0.400. The molecule has 1 atom stereocenters. The van der Waals surface area contributed by atoms with Gasteiger partial charge in [-0.15, -0.1) is 10.2 Å². The first kappa shape index (κ1) is 14.1. The van der Waals surface area contributed by atoms with Crippen LogP contribution in [0.25, 0.3) is 0 Å². The summed E-state index contributed by atoms with van der Waals surface area (Å²) in [4.78, 5) is 12.2. The van der Waals surface area contributed by atoms with E-state index in [-0.39, 0.29) is 11.8 Å². The number of amides is 1. The maximum atomic E-state index is 12.2. The second kappa shape index (κ2) is 5.85. The number of carbonyl (C=O) groups excluding carboxylic acids is 1. The topological polar surface area (TPSA) is 59.8 Å². The summed E-state index contributed by atoms with van der Waals surface area (Å²) in [6, 6.07) is 7.35. The van der Waals surface area contributed by atoms with Crippen molar-refractivity contribution in [1.82, 2.24) is 20.1 Å². The maximum Gasteiger partial charge on any atom is 0.227 e. The summed E-state index contributed by atoms with van der Waals surface area (Å²) in [7, 11) is 0.